The molecule has 0 unspecified atom stereocenters. The van der Waals surface area contributed by atoms with Crippen molar-refractivity contribution in [3.63, 3.8) is 0 Å². The van der Waals surface area contributed by atoms with Gasteiger partial charge in [0, 0.05) is 23.1 Å². The number of hydrogen-bond donors (Lipinski definition) is 1. The Morgan fingerprint density at radius 2 is 2.05 bits per heavy atom. The van der Waals surface area contributed by atoms with Gasteiger partial charge in [-0.3, -0.25) is 9.48 Å². The SMILES string of the molecule is CC(C)n1cc(NC(=O)c2ccc(CBr)cc2)cn1. The molecular weight excluding hydrogens is 306 g/mol. The van der Waals surface area contributed by atoms with Gasteiger partial charge in [-0.25, -0.2) is 0 Å². The van der Waals surface area contributed by atoms with Crippen LogP contribution in [-0.4, -0.2) is 15.7 Å². The summed E-state index contributed by atoms with van der Waals surface area (Å²) in [4.78, 5) is 12.0. The summed E-state index contributed by atoms with van der Waals surface area (Å²) in [5, 5.41) is 7.81. The molecule has 19 heavy (non-hydrogen) atoms. The molecule has 0 fully saturated rings. The maximum absolute atomic E-state index is 12.0. The molecule has 0 aliphatic carbocycles. The number of nitrogens with one attached hydrogen (secondary N) is 1. The van der Waals surface area contributed by atoms with E-state index < -0.39 is 0 Å². The predicted molar refractivity (Wildman–Crippen MR) is 79.6 cm³/mol. The first kappa shape index (κ1) is 13.8. The zero-order valence-corrected chi connectivity index (χ0v) is 12.5. The number of nitrogens with zero attached hydrogens (tertiary/aromatic N) is 2. The Bertz CT molecular complexity index is 560. The summed E-state index contributed by atoms with van der Waals surface area (Å²) >= 11 is 3.38. The molecule has 0 saturated carbocycles. The molecular formula is C14H16BrN3O. The van der Waals surface area contributed by atoms with Gasteiger partial charge >= 0.3 is 0 Å². The minimum atomic E-state index is -0.121. The van der Waals surface area contributed by atoms with Crippen molar-refractivity contribution in [3.05, 3.63) is 47.8 Å². The van der Waals surface area contributed by atoms with Crippen molar-refractivity contribution in [1.29, 1.82) is 0 Å². The number of alkyl halides is 1. The largest absolute Gasteiger partial charge is 0.319 e. The first-order chi connectivity index (χ1) is 9.10. The van der Waals surface area contributed by atoms with Crippen LogP contribution >= 0.6 is 15.9 Å². The maximum atomic E-state index is 12.0. The fourth-order valence-electron chi connectivity index (χ4n) is 1.63. The average Bonchev–Trinajstić information content (AvgIpc) is 2.87. The lowest BCUT2D eigenvalue weighted by atomic mass is 10.1. The van der Waals surface area contributed by atoms with Crippen LogP contribution in [0.3, 0.4) is 0 Å². The van der Waals surface area contributed by atoms with Gasteiger partial charge in [0.2, 0.25) is 0 Å². The van der Waals surface area contributed by atoms with Crippen molar-refractivity contribution in [1.82, 2.24) is 9.78 Å². The molecule has 0 aliphatic heterocycles. The Morgan fingerprint density at radius 1 is 1.37 bits per heavy atom. The normalized spacial score (nSPS) is 10.7. The first-order valence-corrected chi connectivity index (χ1v) is 7.22. The third kappa shape index (κ3) is 3.44. The molecule has 1 aromatic heterocycles. The first-order valence-electron chi connectivity index (χ1n) is 6.10. The van der Waals surface area contributed by atoms with E-state index in [1.165, 1.54) is 0 Å². The quantitative estimate of drug-likeness (QED) is 0.874. The van der Waals surface area contributed by atoms with Crippen molar-refractivity contribution in [3.8, 4) is 0 Å². The summed E-state index contributed by atoms with van der Waals surface area (Å²) in [7, 11) is 0. The lowest BCUT2D eigenvalue weighted by Gasteiger charge is -2.04. The average molecular weight is 322 g/mol. The Kier molecular flexibility index (Phi) is 4.37. The molecule has 1 aromatic carbocycles. The summed E-state index contributed by atoms with van der Waals surface area (Å²) in [6.45, 7) is 4.08. The van der Waals surface area contributed by atoms with Crippen LogP contribution in [0, 0.1) is 0 Å². The molecule has 0 aliphatic rings. The second-order valence-corrected chi connectivity index (χ2v) is 5.15. The molecule has 0 spiro atoms. The van der Waals surface area contributed by atoms with E-state index in [4.69, 9.17) is 0 Å². The monoisotopic (exact) mass is 321 g/mol. The number of amides is 1. The molecule has 2 aromatic rings. The van der Waals surface area contributed by atoms with Crippen LogP contribution in [0.25, 0.3) is 0 Å². The molecule has 100 valence electrons. The molecule has 0 atom stereocenters. The number of benzene rings is 1. The molecule has 0 bridgehead atoms. The highest BCUT2D eigenvalue weighted by atomic mass is 79.9. The molecule has 5 heteroatoms. The van der Waals surface area contributed by atoms with Crippen LogP contribution < -0.4 is 5.32 Å². The van der Waals surface area contributed by atoms with Crippen LogP contribution in [0.5, 0.6) is 0 Å². The van der Waals surface area contributed by atoms with Crippen molar-refractivity contribution < 1.29 is 4.79 Å². The summed E-state index contributed by atoms with van der Waals surface area (Å²) in [6, 6.07) is 7.78. The van der Waals surface area contributed by atoms with Crippen molar-refractivity contribution >= 4 is 27.5 Å². The van der Waals surface area contributed by atoms with E-state index in [1.54, 1.807) is 6.20 Å². The van der Waals surface area contributed by atoms with Gasteiger partial charge in [-0.1, -0.05) is 28.1 Å². The number of carbonyl (C=O) groups excluding carboxylic acids is 1. The van der Waals surface area contributed by atoms with E-state index >= 15 is 0 Å². The Balaban J connectivity index is 2.06. The highest BCUT2D eigenvalue weighted by Crippen LogP contribution is 2.13. The van der Waals surface area contributed by atoms with E-state index in [0.29, 0.717) is 11.3 Å². The topological polar surface area (TPSA) is 46.9 Å². The maximum Gasteiger partial charge on any atom is 0.255 e. The number of anilines is 1. The van der Waals surface area contributed by atoms with Gasteiger partial charge in [0.15, 0.2) is 0 Å². The summed E-state index contributed by atoms with van der Waals surface area (Å²) in [5.41, 5.74) is 2.49. The predicted octanol–water partition coefficient (Wildman–Crippen LogP) is 3.61. The Morgan fingerprint density at radius 3 is 2.58 bits per heavy atom. The van der Waals surface area contributed by atoms with Crippen molar-refractivity contribution in [2.45, 2.75) is 25.2 Å². The second-order valence-electron chi connectivity index (χ2n) is 4.59. The van der Waals surface area contributed by atoms with E-state index in [-0.39, 0.29) is 11.9 Å². The van der Waals surface area contributed by atoms with E-state index in [0.717, 1.165) is 10.9 Å². The number of aromatic nitrogens is 2. The van der Waals surface area contributed by atoms with E-state index in [2.05, 4.69) is 26.3 Å². The fraction of sp³-hybridized carbons (Fsp3) is 0.286. The fourth-order valence-corrected chi connectivity index (χ4v) is 2.01. The zero-order valence-electron chi connectivity index (χ0n) is 10.9. The Labute approximate surface area is 120 Å². The minimum Gasteiger partial charge on any atom is -0.319 e. The molecule has 4 nitrogen and oxygen atoms in total. The molecule has 1 N–H and O–H groups in total. The molecule has 2 rings (SSSR count). The van der Waals surface area contributed by atoms with Gasteiger partial charge < -0.3 is 5.32 Å². The van der Waals surface area contributed by atoms with Crippen LogP contribution in [0.15, 0.2) is 36.7 Å². The van der Waals surface area contributed by atoms with Gasteiger partial charge in [-0.05, 0) is 31.5 Å². The van der Waals surface area contributed by atoms with Crippen LogP contribution in [0.4, 0.5) is 5.69 Å². The summed E-state index contributed by atoms with van der Waals surface area (Å²) < 4.78 is 1.81. The van der Waals surface area contributed by atoms with Crippen LogP contribution in [0.1, 0.15) is 35.8 Å². The third-order valence-electron chi connectivity index (χ3n) is 2.76. The summed E-state index contributed by atoms with van der Waals surface area (Å²) in [5.74, 6) is -0.121. The molecule has 1 heterocycles. The second kappa shape index (κ2) is 6.02. The minimum absolute atomic E-state index is 0.121. The van der Waals surface area contributed by atoms with Crippen LogP contribution in [0.2, 0.25) is 0 Å². The van der Waals surface area contributed by atoms with Gasteiger partial charge in [-0.15, -0.1) is 0 Å². The van der Waals surface area contributed by atoms with E-state index in [1.807, 2.05) is 49.0 Å². The van der Waals surface area contributed by atoms with Gasteiger partial charge in [-0.2, -0.15) is 5.10 Å². The number of rotatable bonds is 4. The van der Waals surface area contributed by atoms with Gasteiger partial charge in [0.05, 0.1) is 11.9 Å². The van der Waals surface area contributed by atoms with Crippen molar-refractivity contribution in [2.24, 2.45) is 0 Å². The third-order valence-corrected chi connectivity index (χ3v) is 3.41. The molecule has 0 saturated heterocycles. The van der Waals surface area contributed by atoms with Crippen molar-refractivity contribution in [2.75, 3.05) is 5.32 Å². The molecule has 1 amide bonds. The highest BCUT2D eigenvalue weighted by molar-refractivity contribution is 9.08. The highest BCUT2D eigenvalue weighted by Gasteiger charge is 2.08. The molecule has 0 radical (unpaired) electrons. The standard InChI is InChI=1S/C14H16BrN3O/c1-10(2)18-9-13(8-16-18)17-14(19)12-5-3-11(7-15)4-6-12/h3-6,8-10H,7H2,1-2H3,(H,17,19). The van der Waals surface area contributed by atoms with E-state index in [9.17, 15) is 4.79 Å². The smallest absolute Gasteiger partial charge is 0.255 e. The van der Waals surface area contributed by atoms with Gasteiger partial charge in [0.25, 0.3) is 5.91 Å². The number of halogens is 1. The number of hydrogen-bond acceptors (Lipinski definition) is 2. The Hall–Kier alpha value is -1.62. The van der Waals surface area contributed by atoms with Gasteiger partial charge in [0.1, 0.15) is 0 Å². The number of carbonyl (C=O) groups is 1. The summed E-state index contributed by atoms with van der Waals surface area (Å²) in [6.07, 6.45) is 3.49. The van der Waals surface area contributed by atoms with Crippen LogP contribution in [-0.2, 0) is 5.33 Å². The lowest BCUT2D eigenvalue weighted by molar-refractivity contribution is 0.102. The zero-order chi connectivity index (χ0) is 13.8. The lowest BCUT2D eigenvalue weighted by Crippen LogP contribution is -2.11.